The average molecular weight is 2130 g/mol. The average Bonchev–Trinajstić information content (AvgIpc) is 1.64. The second-order valence-electron chi connectivity index (χ2n) is 37.3. The maximum Gasteiger partial charge on any atom is 0.326 e. The van der Waals surface area contributed by atoms with Crippen molar-refractivity contribution in [3.8, 4) is 11.5 Å². The minimum atomic E-state index is -2.01. The Morgan fingerprint density at radius 2 is 0.779 bits per heavy atom. The Kier molecular flexibility index (Phi) is 45.7. The molecule has 29 N–H and O–H groups in total. The molecule has 149 heavy (non-hydrogen) atoms. The maximum atomic E-state index is 15.2. The lowest BCUT2D eigenvalue weighted by Crippen LogP contribution is -2.62. The highest BCUT2D eigenvalue weighted by Gasteiger charge is 2.44. The lowest BCUT2D eigenvalue weighted by Gasteiger charge is -2.47. The van der Waals surface area contributed by atoms with Gasteiger partial charge in [-0.05, 0) is 151 Å². The number of carboxylic acid groups (broad SMARTS) is 1. The first-order chi connectivity index (χ1) is 71.5. The number of aliphatic hydroxyl groups is 6. The van der Waals surface area contributed by atoms with Gasteiger partial charge in [0.05, 0.1) is 45.4 Å². The Balaban J connectivity index is 0.755. The Hall–Kier alpha value is -13.4. The van der Waals surface area contributed by atoms with Crippen molar-refractivity contribution in [3.05, 3.63) is 167 Å². The summed E-state index contributed by atoms with van der Waals surface area (Å²) in [7, 11) is 0. The summed E-state index contributed by atoms with van der Waals surface area (Å²) < 4.78 is 0. The number of nitrogens with one attached hydrogen (secondary N) is 18. The molecule has 48 heteroatoms. The molecule has 10 rings (SSSR count). The van der Waals surface area contributed by atoms with Crippen LogP contribution in [0.1, 0.15) is 118 Å². The molecule has 0 saturated carbocycles. The number of benzene rings is 5. The molecule has 0 bridgehead atoms. The molecule has 5 aromatic carbocycles. The van der Waals surface area contributed by atoms with E-state index in [4.69, 9.17) is 5.73 Å². The van der Waals surface area contributed by atoms with Gasteiger partial charge in [-0.15, -0.1) is 0 Å². The number of aromatic hydroxyl groups is 2. The van der Waals surface area contributed by atoms with Crippen LogP contribution in [-0.2, 0) is 109 Å². The fraction of sp³-hybridized carbons (Fsp3) is 0.485. The van der Waals surface area contributed by atoms with Gasteiger partial charge in [0.25, 0.3) is 0 Å². The van der Waals surface area contributed by atoms with E-state index in [-0.39, 0.29) is 91.9 Å². The number of aliphatic hydroxyl groups excluding tert-OH is 6. The highest BCUT2D eigenvalue weighted by Crippen LogP contribution is 2.45. The summed E-state index contributed by atoms with van der Waals surface area (Å²) in [6.45, 7) is 2.13. The number of carbonyl (C=O) groups is 16. The number of phenolic OH excluding ortho intramolecular Hbond substituents is 2. The van der Waals surface area contributed by atoms with Crippen LogP contribution in [0.4, 0.5) is 0 Å². The van der Waals surface area contributed by atoms with E-state index in [0.29, 0.717) is 52.2 Å². The Morgan fingerprint density at radius 3 is 1.21 bits per heavy atom. The first-order valence-corrected chi connectivity index (χ1v) is 51.8. The molecule has 18 atom stereocenters. The molecular weight excluding hydrogens is 1990 g/mol. The molecular formula is C101H136N20O25S3. The molecule has 4 heterocycles. The monoisotopic (exact) mass is 2120 g/mol. The largest absolute Gasteiger partial charge is 0.508 e. The number of phenols is 2. The number of unbranched alkanes of at least 4 members (excludes halogenated alkanes) is 2. The van der Waals surface area contributed by atoms with Crippen LogP contribution in [0, 0.1) is 11.8 Å². The summed E-state index contributed by atoms with van der Waals surface area (Å²) in [5, 5.41) is 133. The molecule has 2 unspecified atom stereocenters. The molecule has 1 fully saturated rings. The van der Waals surface area contributed by atoms with Crippen LogP contribution in [0.2, 0.25) is 0 Å². The lowest BCUT2D eigenvalue weighted by molar-refractivity contribution is -0.142. The van der Waals surface area contributed by atoms with Gasteiger partial charge in [0.15, 0.2) is 0 Å². The number of piperidine rings is 1. The summed E-state index contributed by atoms with van der Waals surface area (Å²) in [5.74, 6) is -18.3. The van der Waals surface area contributed by atoms with Crippen LogP contribution in [0.25, 0.3) is 32.7 Å². The van der Waals surface area contributed by atoms with E-state index in [1.165, 1.54) is 76.8 Å². The van der Waals surface area contributed by atoms with Gasteiger partial charge in [-0.25, -0.2) is 4.79 Å². The van der Waals surface area contributed by atoms with E-state index < -0.39 is 243 Å². The number of nitrogens with two attached hydrogens (primary N) is 1. The van der Waals surface area contributed by atoms with Gasteiger partial charge >= 0.3 is 5.97 Å². The van der Waals surface area contributed by atoms with Crippen LogP contribution in [0.5, 0.6) is 11.5 Å². The zero-order chi connectivity index (χ0) is 108. The molecule has 808 valence electrons. The number of aromatic nitrogens is 3. The fourth-order valence-corrected chi connectivity index (χ4v) is 19.5. The normalized spacial score (nSPS) is 16.9. The van der Waals surface area contributed by atoms with Gasteiger partial charge in [0.1, 0.15) is 102 Å². The minimum Gasteiger partial charge on any atom is -0.508 e. The van der Waals surface area contributed by atoms with Crippen LogP contribution in [0.3, 0.4) is 0 Å². The summed E-state index contributed by atoms with van der Waals surface area (Å²) in [4.78, 5) is 239. The molecule has 15 amide bonds. The summed E-state index contributed by atoms with van der Waals surface area (Å²) >= 11 is 10.0. The van der Waals surface area contributed by atoms with Gasteiger partial charge in [0.2, 0.25) is 88.6 Å². The Morgan fingerprint density at radius 1 is 0.409 bits per heavy atom. The fourth-order valence-electron chi connectivity index (χ4n) is 18.0. The second-order valence-corrected chi connectivity index (χ2v) is 39.1. The maximum absolute atomic E-state index is 15.2. The summed E-state index contributed by atoms with van der Waals surface area (Å²) in [6.07, 6.45) is 7.85. The first-order valence-electron chi connectivity index (χ1n) is 49.4. The molecule has 2 aliphatic rings. The third kappa shape index (κ3) is 33.0. The lowest BCUT2D eigenvalue weighted by atomic mass is 9.72. The number of fused-ring (bicyclic) bond motifs is 4. The third-order valence-corrected chi connectivity index (χ3v) is 28.0. The van der Waals surface area contributed by atoms with Crippen molar-refractivity contribution in [1.29, 1.82) is 0 Å². The zero-order valence-corrected chi connectivity index (χ0v) is 85.5. The minimum absolute atomic E-state index is 0.0767. The van der Waals surface area contributed by atoms with E-state index in [9.17, 15) is 113 Å². The molecule has 3 aromatic heterocycles. The van der Waals surface area contributed by atoms with Gasteiger partial charge in [-0.2, -0.15) is 37.0 Å². The van der Waals surface area contributed by atoms with E-state index in [1.807, 2.05) is 0 Å². The number of aliphatic carboxylic acids is 1. The molecule has 1 aliphatic heterocycles. The van der Waals surface area contributed by atoms with Gasteiger partial charge in [-0.3, -0.25) is 76.8 Å². The number of carbonyl (C=O) groups excluding carboxylic acids is 15. The Labute approximate surface area is 874 Å². The highest BCUT2D eigenvalue weighted by molar-refractivity contribution is 7.99. The number of aromatic amines is 3. The summed E-state index contributed by atoms with van der Waals surface area (Å²) in [5.41, 5.74) is 12.7. The number of rotatable bonds is 60. The molecule has 8 aromatic rings. The first kappa shape index (κ1) is 117. The number of thiol groups is 2. The number of amides is 15. The van der Waals surface area contributed by atoms with Gasteiger partial charge < -0.3 is 146 Å². The smallest absolute Gasteiger partial charge is 0.326 e. The van der Waals surface area contributed by atoms with E-state index >= 15 is 9.59 Å². The van der Waals surface area contributed by atoms with Gasteiger partial charge in [-0.1, -0.05) is 113 Å². The second kappa shape index (κ2) is 57.9. The standard InChI is InChI=1S/C101H136N20O25S3/c1-5-7-18-69(108-93(137)76(44-123)115-95(139)78(46-125)117-96(140)79(47-126)116-94(138)77(45-124)114-92(136)75(43-122)106-84(130)52-149-51-56-33-65-64-17-14-22-68-85(64)59(41-105-68)38-83(65)121(42-56)32-6-2)87(131)109-72(35-55-25-29-61(129)30-26-55)90(134)113-80(48-127)97(141)118-81(49-147)98(142)110-71(34-54-23-27-60(128)28-24-54)89(133)111-73(36-57-39-103-66-19-10-8-15-62(57)66)91(135)107-70(21-12-13-31-102)88(132)120-86(53(3)4)100(144)119-82(50-148)99(143)112-74(101(145)146)37-58-40-104-67-20-11-9-16-63(58)67/h8-11,14-17,19-20,22-30,39-41,53,56,65,69-83,86,103-105,122-129,147-148H,5-7,12-13,18,21,31-38,42-52,102H2,1-4H3,(H,106,130)(H,107,135)(H,108,137)(H,109,131)(H,110,142)(H,111,133)(H,112,143)(H,113,134)(H,114,136)(H,115,139)(H,116,138)(H,117,140)(H,118,141)(H,119,144)(H,120,132)(H,145,146)/t56-,65?,69+,70+,71+,72-,73-,74+,75-,76-,77-,78-,79-,80-,81+,82+,83?,86+/m1/s1. The predicted molar refractivity (Wildman–Crippen MR) is 558 cm³/mol. The topological polar surface area (TPSA) is 712 Å². The molecule has 0 spiro atoms. The van der Waals surface area contributed by atoms with E-state index in [0.717, 1.165) is 48.8 Å². The predicted octanol–water partition coefficient (Wildman–Crippen LogP) is -2.87. The van der Waals surface area contributed by atoms with Crippen LogP contribution in [0.15, 0.2) is 134 Å². The Bertz CT molecular complexity index is 5930. The number of para-hydroxylation sites is 2. The van der Waals surface area contributed by atoms with Gasteiger partial charge in [0, 0.05) is 107 Å². The highest BCUT2D eigenvalue weighted by atomic mass is 32.2. The van der Waals surface area contributed by atoms with Crippen molar-refractivity contribution >= 4 is 164 Å². The third-order valence-electron chi connectivity index (χ3n) is 26.1. The quantitative estimate of drug-likeness (QED) is 0.0135. The number of carboxylic acids is 1. The number of hydrogen-bond acceptors (Lipinski definition) is 29. The SMILES string of the molecule is CCCC[C@H](NC(=O)[C@@H](CO)NC(=O)[C@@H](CO)NC(=O)[C@@H](CO)NC(=O)[C@@H](CO)NC(=O)[C@@H](CO)NC(=O)CSC[C@@H]1CC2c3cccc4[nH]cc(c34)CC2N(CCC)C1)C(=O)N[C@H](Cc1ccc(O)cc1)C(=O)N[C@H](CO)C(=O)N[C@@H](CS)C(=O)N[C@@H](Cc1ccc(O)cc1)C(=O)N[C@H](Cc1c[nH]c2ccccc12)C(=O)N[C@@H](CCCCN)C(=O)N[C@H](C(=O)N[C@@H](CS)C(=O)N[C@@H](Cc1c[nH]c2ccccc12)C(=O)O)C(C)C. The molecule has 1 saturated heterocycles. The number of likely N-dealkylation sites (tertiary alicyclic amines) is 1. The van der Waals surface area contributed by atoms with Crippen molar-refractivity contribution in [2.24, 2.45) is 17.6 Å². The van der Waals surface area contributed by atoms with E-state index in [2.05, 4.69) is 156 Å². The van der Waals surface area contributed by atoms with Crippen molar-refractivity contribution in [2.75, 3.05) is 82.3 Å². The molecule has 0 radical (unpaired) electrons. The van der Waals surface area contributed by atoms with Crippen LogP contribution >= 0.6 is 37.0 Å². The van der Waals surface area contributed by atoms with Crippen LogP contribution in [-0.4, -0.2) is 339 Å². The van der Waals surface area contributed by atoms with E-state index in [1.54, 1.807) is 81.7 Å². The van der Waals surface area contributed by atoms with Crippen LogP contribution < -0.4 is 85.5 Å². The van der Waals surface area contributed by atoms with Crippen molar-refractivity contribution in [1.82, 2.24) is 99.6 Å². The number of H-pyrrole nitrogens is 3. The number of hydrogen-bond donors (Lipinski definition) is 30. The van der Waals surface area contributed by atoms with Crippen molar-refractivity contribution in [2.45, 2.75) is 214 Å². The number of nitrogens with zero attached hydrogens (tertiary/aromatic N) is 1. The van der Waals surface area contributed by atoms with Crippen molar-refractivity contribution < 1.29 is 123 Å². The van der Waals surface area contributed by atoms with Crippen molar-refractivity contribution in [3.63, 3.8) is 0 Å². The molecule has 45 nitrogen and oxygen atoms in total. The molecule has 1 aliphatic carbocycles. The summed E-state index contributed by atoms with van der Waals surface area (Å²) in [6, 6.07) is 6.10. The zero-order valence-electron chi connectivity index (χ0n) is 82.9. The number of thioether (sulfide) groups is 1.